The first-order chi connectivity index (χ1) is 13.4. The van der Waals surface area contributed by atoms with E-state index in [0.717, 1.165) is 22.0 Å². The van der Waals surface area contributed by atoms with Crippen LogP contribution in [0.2, 0.25) is 0 Å². The Morgan fingerprint density at radius 2 is 2.00 bits per heavy atom. The van der Waals surface area contributed by atoms with E-state index in [0.29, 0.717) is 6.42 Å². The number of carbonyl (C=O) groups is 2. The van der Waals surface area contributed by atoms with Crippen LogP contribution in [0.4, 0.5) is 5.69 Å². The molecule has 0 unspecified atom stereocenters. The predicted molar refractivity (Wildman–Crippen MR) is 103 cm³/mol. The first kappa shape index (κ1) is 17.2. The standard InChI is InChI=1S/C23H21NO4/c1-13(2)12-18-23-11-10-17(28-23)19(22(26)27)20(23)21(25)24(18)16-9-5-7-14-6-3-4-8-15(14)16/h3-11,17-20H,1,12H2,2H3,(H,26,27)/p-1/t17-,18-,19+,20+,23-/m1/s1. The number of anilines is 1. The van der Waals surface area contributed by atoms with E-state index in [9.17, 15) is 14.7 Å². The molecule has 5 heteroatoms. The molecule has 0 saturated carbocycles. The largest absolute Gasteiger partial charge is 0.550 e. The minimum absolute atomic E-state index is 0.219. The summed E-state index contributed by atoms with van der Waals surface area (Å²) in [6.07, 6.45) is 3.57. The van der Waals surface area contributed by atoms with Gasteiger partial charge in [0, 0.05) is 17.3 Å². The van der Waals surface area contributed by atoms with Gasteiger partial charge in [-0.1, -0.05) is 54.1 Å². The molecular formula is C23H20NO4-. The molecule has 3 heterocycles. The van der Waals surface area contributed by atoms with E-state index in [1.54, 1.807) is 11.0 Å². The number of amides is 1. The van der Waals surface area contributed by atoms with Crippen LogP contribution in [0, 0.1) is 11.8 Å². The van der Waals surface area contributed by atoms with Gasteiger partial charge in [0.2, 0.25) is 5.91 Å². The van der Waals surface area contributed by atoms with Crippen molar-refractivity contribution >= 4 is 28.3 Å². The van der Waals surface area contributed by atoms with E-state index in [1.807, 2.05) is 55.5 Å². The molecule has 2 bridgehead atoms. The number of fused-ring (bicyclic) bond motifs is 2. The molecule has 2 aromatic rings. The zero-order valence-corrected chi connectivity index (χ0v) is 15.5. The number of carboxylic acid groups (broad SMARTS) is 1. The minimum atomic E-state index is -1.23. The molecule has 3 aliphatic heterocycles. The zero-order valence-electron chi connectivity index (χ0n) is 15.5. The van der Waals surface area contributed by atoms with Crippen LogP contribution in [-0.2, 0) is 14.3 Å². The summed E-state index contributed by atoms with van der Waals surface area (Å²) in [5, 5.41) is 13.8. The van der Waals surface area contributed by atoms with Crippen LogP contribution in [0.3, 0.4) is 0 Å². The van der Waals surface area contributed by atoms with Gasteiger partial charge in [0.25, 0.3) is 0 Å². The van der Waals surface area contributed by atoms with Crippen molar-refractivity contribution in [2.75, 3.05) is 4.90 Å². The molecule has 1 amide bonds. The summed E-state index contributed by atoms with van der Waals surface area (Å²) in [4.78, 5) is 27.2. The molecule has 28 heavy (non-hydrogen) atoms. The third-order valence-corrected chi connectivity index (χ3v) is 6.26. The first-order valence-electron chi connectivity index (χ1n) is 9.47. The van der Waals surface area contributed by atoms with Crippen LogP contribution >= 0.6 is 0 Å². The molecule has 3 aliphatic rings. The molecule has 1 spiro atoms. The Morgan fingerprint density at radius 1 is 1.25 bits per heavy atom. The van der Waals surface area contributed by atoms with E-state index >= 15 is 0 Å². The topological polar surface area (TPSA) is 69.7 Å². The lowest BCUT2D eigenvalue weighted by molar-refractivity contribution is -0.313. The normalized spacial score (nSPS) is 32.9. The zero-order chi connectivity index (χ0) is 19.6. The first-order valence-corrected chi connectivity index (χ1v) is 9.47. The maximum atomic E-state index is 13.6. The van der Waals surface area contributed by atoms with E-state index in [2.05, 4.69) is 6.58 Å². The summed E-state index contributed by atoms with van der Waals surface area (Å²) in [6.45, 7) is 5.95. The summed E-state index contributed by atoms with van der Waals surface area (Å²) in [5.74, 6) is -3.20. The number of benzene rings is 2. The molecule has 0 radical (unpaired) electrons. The number of carbonyl (C=O) groups excluding carboxylic acids is 2. The molecule has 5 rings (SSSR count). The SMILES string of the molecule is C=C(C)C[C@H]1N(c2cccc3ccccc23)C(=O)[C@@H]2[C@@H](C(=O)[O-])[C@H]3C=C[C@]21O3. The third kappa shape index (κ3) is 2.11. The van der Waals surface area contributed by atoms with Gasteiger partial charge >= 0.3 is 0 Å². The van der Waals surface area contributed by atoms with Crippen LogP contribution in [0.5, 0.6) is 0 Å². The van der Waals surface area contributed by atoms with E-state index in [4.69, 9.17) is 4.74 Å². The van der Waals surface area contributed by atoms with Crippen molar-refractivity contribution in [2.45, 2.75) is 31.1 Å². The van der Waals surface area contributed by atoms with Crippen LogP contribution in [0.15, 0.2) is 66.8 Å². The molecule has 142 valence electrons. The van der Waals surface area contributed by atoms with Gasteiger partial charge in [0.1, 0.15) is 5.60 Å². The number of nitrogens with zero attached hydrogens (tertiary/aromatic N) is 1. The lowest BCUT2D eigenvalue weighted by atomic mass is 9.74. The van der Waals surface area contributed by atoms with Crippen molar-refractivity contribution < 1.29 is 19.4 Å². The summed E-state index contributed by atoms with van der Waals surface area (Å²) in [5.41, 5.74) is 0.730. The molecule has 5 atom stereocenters. The number of carboxylic acids is 1. The van der Waals surface area contributed by atoms with Gasteiger partial charge < -0.3 is 19.5 Å². The second-order valence-electron chi connectivity index (χ2n) is 8.00. The van der Waals surface area contributed by atoms with Crippen LogP contribution in [-0.4, -0.2) is 29.6 Å². The van der Waals surface area contributed by atoms with Gasteiger partial charge in [-0.3, -0.25) is 4.79 Å². The molecule has 2 aromatic carbocycles. The Kier molecular flexibility index (Phi) is 3.55. The Morgan fingerprint density at radius 3 is 2.75 bits per heavy atom. The molecule has 2 saturated heterocycles. The molecule has 0 aromatic heterocycles. The summed E-state index contributed by atoms with van der Waals surface area (Å²) < 4.78 is 6.17. The van der Waals surface area contributed by atoms with E-state index in [-0.39, 0.29) is 11.9 Å². The lowest BCUT2D eigenvalue weighted by Crippen LogP contribution is -2.46. The van der Waals surface area contributed by atoms with Crippen molar-refractivity contribution in [2.24, 2.45) is 11.8 Å². The molecular weight excluding hydrogens is 354 g/mol. The molecule has 5 nitrogen and oxygen atoms in total. The van der Waals surface area contributed by atoms with Gasteiger partial charge in [-0.05, 0) is 24.8 Å². The van der Waals surface area contributed by atoms with Crippen molar-refractivity contribution in [3.05, 3.63) is 66.8 Å². The van der Waals surface area contributed by atoms with Crippen LogP contribution < -0.4 is 10.0 Å². The number of ether oxygens (including phenoxy) is 1. The van der Waals surface area contributed by atoms with Gasteiger partial charge in [0.15, 0.2) is 0 Å². The molecule has 2 fully saturated rings. The maximum Gasteiger partial charge on any atom is 0.234 e. The highest BCUT2D eigenvalue weighted by Gasteiger charge is 2.69. The fourth-order valence-corrected chi connectivity index (χ4v) is 5.20. The van der Waals surface area contributed by atoms with Gasteiger partial charge in [-0.15, -0.1) is 6.58 Å². The summed E-state index contributed by atoms with van der Waals surface area (Å²) in [7, 11) is 0. The average Bonchev–Trinajstić information content (AvgIpc) is 3.30. The number of aliphatic carboxylic acids is 1. The Balaban J connectivity index is 1.71. The van der Waals surface area contributed by atoms with Crippen molar-refractivity contribution in [3.63, 3.8) is 0 Å². The fourth-order valence-electron chi connectivity index (χ4n) is 5.20. The Bertz CT molecular complexity index is 1050. The highest BCUT2D eigenvalue weighted by molar-refractivity contribution is 6.09. The molecule has 0 aliphatic carbocycles. The quantitative estimate of drug-likeness (QED) is 0.770. The van der Waals surface area contributed by atoms with E-state index in [1.165, 1.54) is 0 Å². The summed E-state index contributed by atoms with van der Waals surface area (Å²) in [6, 6.07) is 13.3. The van der Waals surface area contributed by atoms with Crippen molar-refractivity contribution in [3.8, 4) is 0 Å². The number of rotatable bonds is 4. The monoisotopic (exact) mass is 374 g/mol. The summed E-state index contributed by atoms with van der Waals surface area (Å²) >= 11 is 0. The third-order valence-electron chi connectivity index (χ3n) is 6.26. The smallest absolute Gasteiger partial charge is 0.234 e. The Hall–Kier alpha value is -2.92. The average molecular weight is 374 g/mol. The van der Waals surface area contributed by atoms with Crippen molar-refractivity contribution in [1.29, 1.82) is 0 Å². The maximum absolute atomic E-state index is 13.6. The Labute approximate surface area is 162 Å². The predicted octanol–water partition coefficient (Wildman–Crippen LogP) is 2.21. The highest BCUT2D eigenvalue weighted by Crippen LogP contribution is 2.57. The minimum Gasteiger partial charge on any atom is -0.550 e. The lowest BCUT2D eigenvalue weighted by Gasteiger charge is -2.34. The van der Waals surface area contributed by atoms with Crippen molar-refractivity contribution in [1.82, 2.24) is 0 Å². The number of hydrogen-bond acceptors (Lipinski definition) is 4. The highest BCUT2D eigenvalue weighted by atomic mass is 16.5. The van der Waals surface area contributed by atoms with Crippen LogP contribution in [0.25, 0.3) is 10.8 Å². The van der Waals surface area contributed by atoms with Crippen LogP contribution in [0.1, 0.15) is 13.3 Å². The second-order valence-corrected chi connectivity index (χ2v) is 8.00. The second kappa shape index (κ2) is 5.79. The fraction of sp³-hybridized carbons (Fsp3) is 0.304. The van der Waals surface area contributed by atoms with Gasteiger partial charge in [-0.25, -0.2) is 0 Å². The van der Waals surface area contributed by atoms with E-state index < -0.39 is 29.5 Å². The number of hydrogen-bond donors (Lipinski definition) is 0. The molecule has 0 N–H and O–H groups in total. The van der Waals surface area contributed by atoms with Gasteiger partial charge in [-0.2, -0.15) is 0 Å². The van der Waals surface area contributed by atoms with Gasteiger partial charge in [0.05, 0.1) is 23.8 Å².